The van der Waals surface area contributed by atoms with Crippen LogP contribution in [0.5, 0.6) is 5.75 Å². The summed E-state index contributed by atoms with van der Waals surface area (Å²) in [5, 5.41) is 0. The predicted octanol–water partition coefficient (Wildman–Crippen LogP) is 2.61. The van der Waals surface area contributed by atoms with Crippen LogP contribution < -0.4 is 4.84 Å². The molecule has 0 bridgehead atoms. The smallest absolute Gasteiger partial charge is 0.226 e. The molecule has 0 atom stereocenters. The van der Waals surface area contributed by atoms with Crippen LogP contribution in [0.1, 0.15) is 0 Å². The highest BCUT2D eigenvalue weighted by Crippen LogP contribution is 2.20. The zero-order valence-corrected chi connectivity index (χ0v) is 7.15. The molecule has 0 spiro atoms. The van der Waals surface area contributed by atoms with Crippen molar-refractivity contribution in [1.29, 1.82) is 0 Å². The fourth-order valence-electron chi connectivity index (χ4n) is 1.05. The number of halogens is 2. The monoisotopic (exact) mass is 195 g/mol. The number of rotatable bonds is 2. The van der Waals surface area contributed by atoms with E-state index in [0.717, 1.165) is 12.1 Å². The topological polar surface area (TPSA) is 14.2 Å². The zero-order valence-electron chi connectivity index (χ0n) is 7.15. The minimum absolute atomic E-state index is 0.399. The van der Waals surface area contributed by atoms with Gasteiger partial charge >= 0.3 is 0 Å². The van der Waals surface area contributed by atoms with Crippen LogP contribution in [0.3, 0.4) is 0 Å². The summed E-state index contributed by atoms with van der Waals surface area (Å²) in [6.07, 6.45) is 3.10. The Morgan fingerprint density at radius 3 is 2.07 bits per heavy atom. The van der Waals surface area contributed by atoms with Crippen LogP contribution >= 0.6 is 0 Å². The van der Waals surface area contributed by atoms with Crippen molar-refractivity contribution in [2.75, 3.05) is 0 Å². The number of benzene rings is 1. The van der Waals surface area contributed by atoms with Crippen molar-refractivity contribution in [3.8, 4) is 5.75 Å². The molecule has 0 amide bonds. The standard InChI is InChI=1S/C10H7F2NO/c11-8-4-3-5-9(12)10(8)14-13-6-1-2-7-13/h1-7H. The van der Waals surface area contributed by atoms with Gasteiger partial charge in [0, 0.05) is 12.4 Å². The number of hydrogen-bond acceptors (Lipinski definition) is 1. The maximum Gasteiger partial charge on any atom is 0.226 e. The predicted molar refractivity (Wildman–Crippen MR) is 46.8 cm³/mol. The second-order valence-electron chi connectivity index (χ2n) is 2.69. The summed E-state index contributed by atoms with van der Waals surface area (Å²) in [5.74, 6) is -1.85. The molecule has 2 aromatic rings. The van der Waals surface area contributed by atoms with Gasteiger partial charge in [-0.1, -0.05) is 6.07 Å². The lowest BCUT2D eigenvalue weighted by atomic mass is 10.3. The number of nitrogens with zero attached hydrogens (tertiary/aromatic N) is 1. The third kappa shape index (κ3) is 1.59. The van der Waals surface area contributed by atoms with Crippen molar-refractivity contribution >= 4 is 0 Å². The fraction of sp³-hybridized carbons (Fsp3) is 0. The second kappa shape index (κ2) is 3.49. The highest BCUT2D eigenvalue weighted by Gasteiger charge is 2.10. The summed E-state index contributed by atoms with van der Waals surface area (Å²) in [7, 11) is 0. The molecule has 0 aliphatic carbocycles. The van der Waals surface area contributed by atoms with Gasteiger partial charge in [-0.05, 0) is 24.3 Å². The molecule has 0 saturated heterocycles. The van der Waals surface area contributed by atoms with E-state index in [1.165, 1.54) is 10.8 Å². The summed E-state index contributed by atoms with van der Waals surface area (Å²) in [6.45, 7) is 0. The Hall–Kier alpha value is -1.84. The van der Waals surface area contributed by atoms with E-state index < -0.39 is 17.4 Å². The van der Waals surface area contributed by atoms with Gasteiger partial charge in [0.25, 0.3) is 0 Å². The van der Waals surface area contributed by atoms with Crippen LogP contribution in [0, 0.1) is 11.6 Å². The summed E-state index contributed by atoms with van der Waals surface area (Å²) in [4.78, 5) is 4.95. The second-order valence-corrected chi connectivity index (χ2v) is 2.69. The third-order valence-corrected chi connectivity index (χ3v) is 1.69. The van der Waals surface area contributed by atoms with E-state index >= 15 is 0 Å². The van der Waals surface area contributed by atoms with Crippen molar-refractivity contribution < 1.29 is 13.6 Å². The van der Waals surface area contributed by atoms with Crippen LogP contribution in [-0.2, 0) is 0 Å². The summed E-state index contributed by atoms with van der Waals surface area (Å²) < 4.78 is 27.4. The lowest BCUT2D eigenvalue weighted by Gasteiger charge is -2.06. The van der Waals surface area contributed by atoms with E-state index in [2.05, 4.69) is 0 Å². The van der Waals surface area contributed by atoms with E-state index in [-0.39, 0.29) is 0 Å². The van der Waals surface area contributed by atoms with Crippen molar-refractivity contribution in [2.45, 2.75) is 0 Å². The minimum Gasteiger partial charge on any atom is -0.370 e. The Bertz CT molecular complexity index is 405. The van der Waals surface area contributed by atoms with Gasteiger partial charge in [-0.15, -0.1) is 0 Å². The zero-order chi connectivity index (χ0) is 9.97. The molecule has 0 aliphatic heterocycles. The Morgan fingerprint density at radius 2 is 1.50 bits per heavy atom. The SMILES string of the molecule is Fc1cccc(F)c1On1cccc1. The maximum atomic E-state index is 13.1. The summed E-state index contributed by atoms with van der Waals surface area (Å²) in [6, 6.07) is 6.95. The quantitative estimate of drug-likeness (QED) is 0.718. The largest absolute Gasteiger partial charge is 0.370 e. The van der Waals surface area contributed by atoms with Crippen molar-refractivity contribution in [1.82, 2.24) is 4.73 Å². The van der Waals surface area contributed by atoms with Gasteiger partial charge < -0.3 is 4.84 Å². The average Bonchev–Trinajstić information content (AvgIpc) is 2.64. The van der Waals surface area contributed by atoms with Crippen molar-refractivity contribution in [2.24, 2.45) is 0 Å². The number of aromatic nitrogens is 1. The van der Waals surface area contributed by atoms with Crippen molar-refractivity contribution in [3.05, 3.63) is 54.4 Å². The first-order valence-corrected chi connectivity index (χ1v) is 4.03. The van der Waals surface area contributed by atoms with E-state index in [0.29, 0.717) is 0 Å². The fourth-order valence-corrected chi connectivity index (χ4v) is 1.05. The van der Waals surface area contributed by atoms with E-state index in [1.54, 1.807) is 24.5 Å². The molecule has 0 saturated carbocycles. The van der Waals surface area contributed by atoms with Gasteiger partial charge in [-0.25, -0.2) is 8.78 Å². The molecular formula is C10H7F2NO. The van der Waals surface area contributed by atoms with Crippen LogP contribution in [0.4, 0.5) is 8.78 Å². The Balaban J connectivity index is 2.33. The Morgan fingerprint density at radius 1 is 0.929 bits per heavy atom. The molecule has 2 nitrogen and oxygen atoms in total. The van der Waals surface area contributed by atoms with Crippen molar-refractivity contribution in [3.63, 3.8) is 0 Å². The third-order valence-electron chi connectivity index (χ3n) is 1.69. The van der Waals surface area contributed by atoms with Crippen LogP contribution in [0.2, 0.25) is 0 Å². The molecule has 14 heavy (non-hydrogen) atoms. The van der Waals surface area contributed by atoms with Gasteiger partial charge in [-0.2, -0.15) is 4.73 Å². The molecule has 1 aromatic carbocycles. The summed E-state index contributed by atoms with van der Waals surface area (Å²) in [5.41, 5.74) is 0. The first-order chi connectivity index (χ1) is 6.77. The molecule has 0 unspecified atom stereocenters. The molecule has 1 aromatic heterocycles. The van der Waals surface area contributed by atoms with Gasteiger partial charge in [0.15, 0.2) is 11.6 Å². The van der Waals surface area contributed by atoms with Gasteiger partial charge in [-0.3, -0.25) is 0 Å². The summed E-state index contributed by atoms with van der Waals surface area (Å²) >= 11 is 0. The first kappa shape index (κ1) is 8.74. The molecular weight excluding hydrogens is 188 g/mol. The van der Waals surface area contributed by atoms with Crippen LogP contribution in [0.25, 0.3) is 0 Å². The van der Waals surface area contributed by atoms with E-state index in [4.69, 9.17) is 4.84 Å². The van der Waals surface area contributed by atoms with Gasteiger partial charge in [0.05, 0.1) is 0 Å². The van der Waals surface area contributed by atoms with Crippen LogP contribution in [0.15, 0.2) is 42.7 Å². The molecule has 72 valence electrons. The lowest BCUT2D eigenvalue weighted by molar-refractivity contribution is 0.195. The van der Waals surface area contributed by atoms with Crippen LogP contribution in [-0.4, -0.2) is 4.73 Å². The molecule has 0 aliphatic rings. The Kier molecular flexibility index (Phi) is 2.18. The highest BCUT2D eigenvalue weighted by molar-refractivity contribution is 5.25. The van der Waals surface area contributed by atoms with Gasteiger partial charge in [0.1, 0.15) is 0 Å². The highest BCUT2D eigenvalue weighted by atomic mass is 19.1. The lowest BCUT2D eigenvalue weighted by Crippen LogP contribution is -2.04. The maximum absolute atomic E-state index is 13.1. The van der Waals surface area contributed by atoms with E-state index in [1.807, 2.05) is 0 Å². The number of hydrogen-bond donors (Lipinski definition) is 0. The first-order valence-electron chi connectivity index (χ1n) is 4.03. The molecule has 0 N–H and O–H groups in total. The molecule has 4 heteroatoms. The van der Waals surface area contributed by atoms with Gasteiger partial charge in [0.2, 0.25) is 5.75 Å². The normalized spacial score (nSPS) is 10.1. The van der Waals surface area contributed by atoms with E-state index in [9.17, 15) is 8.78 Å². The Labute approximate surface area is 79.3 Å². The molecule has 1 heterocycles. The molecule has 2 rings (SSSR count). The number of para-hydroxylation sites is 1. The average molecular weight is 195 g/mol. The minimum atomic E-state index is -0.723. The molecule has 0 fully saturated rings. The molecule has 0 radical (unpaired) electrons.